The van der Waals surface area contributed by atoms with E-state index in [9.17, 15) is 10.1 Å². The Morgan fingerprint density at radius 3 is 2.68 bits per heavy atom. The number of hydrogen-bond acceptors (Lipinski definition) is 3. The number of H-pyrrole nitrogens is 1. The Kier molecular flexibility index (Phi) is 4.13. The Morgan fingerprint density at radius 2 is 1.96 bits per heavy atom. The molecule has 1 atom stereocenters. The topological polar surface area (TPSA) is 80.4 Å². The fraction of sp³-hybridized carbons (Fsp3) is 0.190. The van der Waals surface area contributed by atoms with Crippen LogP contribution in [0, 0.1) is 29.6 Å². The molecule has 0 fully saturated rings. The van der Waals surface area contributed by atoms with E-state index < -0.39 is 5.41 Å². The minimum absolute atomic E-state index is 0. The maximum atomic E-state index is 11.9. The van der Waals surface area contributed by atoms with Gasteiger partial charge in [-0.1, -0.05) is 24.3 Å². The van der Waals surface area contributed by atoms with Crippen molar-refractivity contribution in [1.82, 2.24) is 4.98 Å². The average molecular weight is 329 g/mol. The van der Waals surface area contributed by atoms with Crippen molar-refractivity contribution >= 4 is 10.9 Å². The van der Waals surface area contributed by atoms with E-state index in [0.717, 1.165) is 22.0 Å². The summed E-state index contributed by atoms with van der Waals surface area (Å²) in [5, 5.41) is 19.8. The molecular formula is C21H19N3O. The smallest absolute Gasteiger partial charge is 0.251 e. The van der Waals surface area contributed by atoms with E-state index in [1.165, 1.54) is 0 Å². The van der Waals surface area contributed by atoms with E-state index in [1.807, 2.05) is 49.4 Å². The van der Waals surface area contributed by atoms with Gasteiger partial charge in [0.25, 0.3) is 5.56 Å². The predicted octanol–water partition coefficient (Wildman–Crippen LogP) is 3.98. The normalized spacial score (nSPS) is 13.0. The number of aromatic nitrogens is 1. The number of pyridine rings is 1. The molecule has 3 aromatic rings. The summed E-state index contributed by atoms with van der Waals surface area (Å²) in [5.41, 5.74) is 2.85. The van der Waals surface area contributed by atoms with Gasteiger partial charge in [-0.3, -0.25) is 4.79 Å². The fourth-order valence-corrected chi connectivity index (χ4v) is 3.02. The Morgan fingerprint density at radius 1 is 1.16 bits per heavy atom. The van der Waals surface area contributed by atoms with Gasteiger partial charge in [-0.15, -0.1) is 0 Å². The lowest BCUT2D eigenvalue weighted by molar-refractivity contribution is 0.607. The zero-order valence-corrected chi connectivity index (χ0v) is 14.1. The van der Waals surface area contributed by atoms with Gasteiger partial charge in [0.05, 0.1) is 23.1 Å². The van der Waals surface area contributed by atoms with E-state index in [4.69, 9.17) is 5.26 Å². The summed E-state index contributed by atoms with van der Waals surface area (Å²) in [5.74, 6) is 0. The molecule has 0 spiro atoms. The van der Waals surface area contributed by atoms with Crippen molar-refractivity contribution in [2.24, 2.45) is 0 Å². The minimum atomic E-state index is -0.760. The summed E-state index contributed by atoms with van der Waals surface area (Å²) >= 11 is 0. The van der Waals surface area contributed by atoms with Gasteiger partial charge in [0.15, 0.2) is 0 Å². The first-order valence-corrected chi connectivity index (χ1v) is 8.00. The summed E-state index contributed by atoms with van der Waals surface area (Å²) in [6.07, 6.45) is 0.487. The first-order valence-electron chi connectivity index (χ1n) is 8.00. The molecule has 0 radical (unpaired) electrons. The number of aryl methyl sites for hydroxylation is 1. The van der Waals surface area contributed by atoms with Gasteiger partial charge in [0, 0.05) is 12.5 Å². The molecule has 25 heavy (non-hydrogen) atoms. The van der Waals surface area contributed by atoms with E-state index in [0.29, 0.717) is 17.5 Å². The number of fused-ring (bicyclic) bond motifs is 1. The van der Waals surface area contributed by atoms with Crippen molar-refractivity contribution in [2.75, 3.05) is 0 Å². The summed E-state index contributed by atoms with van der Waals surface area (Å²) in [7, 11) is 0. The molecule has 1 unspecified atom stereocenters. The van der Waals surface area contributed by atoms with Crippen molar-refractivity contribution in [2.45, 2.75) is 25.7 Å². The zero-order chi connectivity index (χ0) is 18.0. The van der Waals surface area contributed by atoms with Crippen LogP contribution in [0.4, 0.5) is 0 Å². The fourth-order valence-electron chi connectivity index (χ4n) is 3.02. The SMILES string of the molecule is Cc1cc2ccc(C(C)(C#N)Cc3cccc(C#N)c3)cc2[nH]c1=O.[HH]. The second-order valence-corrected chi connectivity index (χ2v) is 6.52. The Labute approximate surface area is 147 Å². The summed E-state index contributed by atoms with van der Waals surface area (Å²) in [4.78, 5) is 14.7. The Balaban J connectivity index is 0.00000243. The lowest BCUT2D eigenvalue weighted by Gasteiger charge is -2.23. The standard InChI is InChI=1S/C21H17N3O.H2/c1-14-8-17-6-7-18(10-19(17)24-20(14)25)21(2,13-23)11-15-4-3-5-16(9-15)12-22;/h3-10H,11H2,1-2H3,(H,24,25);1H. The number of nitriles is 2. The lowest BCUT2D eigenvalue weighted by atomic mass is 9.78. The van der Waals surface area contributed by atoms with Crippen LogP contribution in [0.1, 0.15) is 30.6 Å². The molecule has 0 amide bonds. The third kappa shape index (κ3) is 3.16. The quantitative estimate of drug-likeness (QED) is 0.789. The van der Waals surface area contributed by atoms with Gasteiger partial charge in [0.1, 0.15) is 0 Å². The van der Waals surface area contributed by atoms with Crippen molar-refractivity contribution in [3.05, 3.63) is 81.1 Å². The van der Waals surface area contributed by atoms with Crippen molar-refractivity contribution in [1.29, 1.82) is 10.5 Å². The number of hydrogen-bond donors (Lipinski definition) is 1. The molecule has 1 heterocycles. The zero-order valence-electron chi connectivity index (χ0n) is 14.1. The van der Waals surface area contributed by atoms with E-state index in [2.05, 4.69) is 17.1 Å². The third-order valence-corrected chi connectivity index (χ3v) is 4.53. The van der Waals surface area contributed by atoms with Gasteiger partial charge in [-0.05, 0) is 61.0 Å². The molecule has 0 saturated heterocycles. The molecule has 4 heteroatoms. The van der Waals surface area contributed by atoms with E-state index in [1.54, 1.807) is 13.0 Å². The molecule has 0 saturated carbocycles. The molecule has 3 rings (SSSR count). The number of nitrogens with zero attached hydrogens (tertiary/aromatic N) is 2. The van der Waals surface area contributed by atoms with Gasteiger partial charge in [0.2, 0.25) is 0 Å². The van der Waals surface area contributed by atoms with Gasteiger partial charge < -0.3 is 4.98 Å². The molecule has 0 bridgehead atoms. The molecule has 0 aliphatic carbocycles. The minimum Gasteiger partial charge on any atom is -0.322 e. The Hall–Kier alpha value is -3.37. The highest BCUT2D eigenvalue weighted by Gasteiger charge is 2.27. The monoisotopic (exact) mass is 329 g/mol. The number of aromatic amines is 1. The highest BCUT2D eigenvalue weighted by Crippen LogP contribution is 2.30. The maximum Gasteiger partial charge on any atom is 0.251 e. The maximum absolute atomic E-state index is 11.9. The summed E-state index contributed by atoms with van der Waals surface area (Å²) in [6, 6.07) is 19.4. The number of nitrogens with one attached hydrogen (secondary N) is 1. The van der Waals surface area contributed by atoms with Crippen LogP contribution < -0.4 is 5.56 Å². The van der Waals surface area contributed by atoms with Gasteiger partial charge in [-0.25, -0.2) is 0 Å². The van der Waals surface area contributed by atoms with Crippen molar-refractivity contribution < 1.29 is 1.43 Å². The molecular weight excluding hydrogens is 310 g/mol. The molecule has 4 nitrogen and oxygen atoms in total. The first kappa shape index (κ1) is 16.5. The largest absolute Gasteiger partial charge is 0.322 e. The van der Waals surface area contributed by atoms with Crippen LogP contribution in [0.15, 0.2) is 53.3 Å². The van der Waals surface area contributed by atoms with E-state index in [-0.39, 0.29) is 6.99 Å². The van der Waals surface area contributed by atoms with Crippen molar-refractivity contribution in [3.8, 4) is 12.1 Å². The second kappa shape index (κ2) is 6.26. The summed E-state index contributed by atoms with van der Waals surface area (Å²) < 4.78 is 0. The second-order valence-electron chi connectivity index (χ2n) is 6.52. The van der Waals surface area contributed by atoms with Crippen LogP contribution in [-0.2, 0) is 11.8 Å². The average Bonchev–Trinajstić information content (AvgIpc) is 2.62. The first-order chi connectivity index (χ1) is 11.9. The third-order valence-electron chi connectivity index (χ3n) is 4.53. The van der Waals surface area contributed by atoms with Gasteiger partial charge >= 0.3 is 0 Å². The van der Waals surface area contributed by atoms with Crippen LogP contribution in [0.2, 0.25) is 0 Å². The Bertz CT molecular complexity index is 1100. The molecule has 2 aromatic carbocycles. The number of benzene rings is 2. The van der Waals surface area contributed by atoms with Gasteiger partial charge in [-0.2, -0.15) is 10.5 Å². The number of rotatable bonds is 3. The van der Waals surface area contributed by atoms with Crippen LogP contribution in [0.25, 0.3) is 10.9 Å². The van der Waals surface area contributed by atoms with Crippen LogP contribution in [0.5, 0.6) is 0 Å². The molecule has 0 aliphatic rings. The lowest BCUT2D eigenvalue weighted by Crippen LogP contribution is -2.23. The van der Waals surface area contributed by atoms with Crippen LogP contribution in [0.3, 0.4) is 0 Å². The highest BCUT2D eigenvalue weighted by atomic mass is 16.1. The molecule has 0 aliphatic heterocycles. The van der Waals surface area contributed by atoms with E-state index >= 15 is 0 Å². The summed E-state index contributed by atoms with van der Waals surface area (Å²) in [6.45, 7) is 3.65. The molecule has 1 aromatic heterocycles. The van der Waals surface area contributed by atoms with Crippen LogP contribution in [-0.4, -0.2) is 4.98 Å². The van der Waals surface area contributed by atoms with Crippen molar-refractivity contribution in [3.63, 3.8) is 0 Å². The predicted molar refractivity (Wildman–Crippen MR) is 99.2 cm³/mol. The highest BCUT2D eigenvalue weighted by molar-refractivity contribution is 5.80. The molecule has 124 valence electrons. The van der Waals surface area contributed by atoms with Crippen LogP contribution >= 0.6 is 0 Å². The molecule has 1 N–H and O–H groups in total.